The van der Waals surface area contributed by atoms with E-state index >= 15 is 0 Å². The van der Waals surface area contributed by atoms with Gasteiger partial charge in [-0.25, -0.2) is 0 Å². The first-order valence-electron chi connectivity index (χ1n) is 6.94. The monoisotopic (exact) mass is 322 g/mol. The molecule has 4 aliphatic rings. The van der Waals surface area contributed by atoms with Gasteiger partial charge < -0.3 is 10.8 Å². The van der Waals surface area contributed by atoms with E-state index in [1.807, 2.05) is 0 Å². The van der Waals surface area contributed by atoms with Crippen molar-refractivity contribution in [2.45, 2.75) is 51.0 Å². The van der Waals surface area contributed by atoms with Gasteiger partial charge in [0.1, 0.15) is 11.6 Å². The molecule has 4 aliphatic carbocycles. The van der Waals surface area contributed by atoms with E-state index in [2.05, 4.69) is 19.6 Å². The van der Waals surface area contributed by atoms with Crippen molar-refractivity contribution in [3.8, 4) is 0 Å². The minimum Gasteiger partial charge on any atom is -0.483 e. The van der Waals surface area contributed by atoms with Crippen LogP contribution < -0.4 is 0 Å². The number of hydrogen-bond donors (Lipinski definition) is 0. The molecule has 0 amide bonds. The van der Waals surface area contributed by atoms with E-state index in [4.69, 9.17) is 4.74 Å². The maximum Gasteiger partial charge on any atom is 0.147 e. The molecule has 0 N–H and O–H groups in total. The second-order valence-corrected chi connectivity index (χ2v) is 6.18. The second kappa shape index (κ2) is 5.36. The van der Waals surface area contributed by atoms with Crippen molar-refractivity contribution in [1.82, 2.24) is 0 Å². The van der Waals surface area contributed by atoms with Crippen LogP contribution in [-0.2, 0) is 42.2 Å². The van der Waals surface area contributed by atoms with E-state index in [1.54, 1.807) is 0 Å². The molecule has 0 aliphatic heterocycles. The Morgan fingerprint density at radius 3 is 2.11 bits per heavy atom. The predicted octanol–water partition coefficient (Wildman–Crippen LogP) is 3.12. The van der Waals surface area contributed by atoms with Crippen LogP contribution in [0.2, 0.25) is 0 Å². The standard InChI is InChI=1S/C15H21O2.Y/c1-3-14(16)17-15(4-2)12-6-10-5-11(8-12)9-13(15)7-10;/h10-13H,1,4-9H2,2H3;/q-1;. The molecule has 0 spiro atoms. The van der Waals surface area contributed by atoms with E-state index in [0.29, 0.717) is 11.8 Å². The van der Waals surface area contributed by atoms with Crippen molar-refractivity contribution in [3.63, 3.8) is 0 Å². The average Bonchev–Trinajstić information content (AvgIpc) is 2.33. The molecule has 4 saturated carbocycles. The molecule has 4 bridgehead atoms. The van der Waals surface area contributed by atoms with Crippen LogP contribution in [0.25, 0.3) is 0 Å². The third-order valence-electron chi connectivity index (χ3n) is 5.50. The molecular weight excluding hydrogens is 301 g/mol. The summed E-state index contributed by atoms with van der Waals surface area (Å²) in [7, 11) is 0. The molecule has 0 heterocycles. The van der Waals surface area contributed by atoms with Gasteiger partial charge in [-0.15, -0.1) is 0 Å². The van der Waals surface area contributed by atoms with Gasteiger partial charge in [-0.2, -0.15) is 0 Å². The molecular formula is C15H21O2Y-. The number of ether oxygens (including phenoxy) is 1. The van der Waals surface area contributed by atoms with Crippen LogP contribution in [0.3, 0.4) is 0 Å². The molecule has 0 aromatic carbocycles. The number of hydrogen-bond acceptors (Lipinski definition) is 2. The first-order valence-corrected chi connectivity index (χ1v) is 6.94. The Labute approximate surface area is 135 Å². The van der Waals surface area contributed by atoms with Gasteiger partial charge >= 0.3 is 0 Å². The topological polar surface area (TPSA) is 26.3 Å². The zero-order chi connectivity index (χ0) is 12.0. The summed E-state index contributed by atoms with van der Waals surface area (Å²) in [5.41, 5.74) is -0.185. The summed E-state index contributed by atoms with van der Waals surface area (Å²) in [6.07, 6.45) is 9.83. The van der Waals surface area contributed by atoms with Crippen molar-refractivity contribution in [2.75, 3.05) is 0 Å². The number of carbonyl (C=O) groups excluding carboxylic acids is 1. The summed E-state index contributed by atoms with van der Waals surface area (Å²) in [4.78, 5) is 11.6. The quantitative estimate of drug-likeness (QED) is 0.453. The van der Waals surface area contributed by atoms with Crippen LogP contribution >= 0.6 is 0 Å². The minimum absolute atomic E-state index is 0. The van der Waals surface area contributed by atoms with Crippen LogP contribution in [0.1, 0.15) is 45.4 Å². The average molecular weight is 322 g/mol. The van der Waals surface area contributed by atoms with Crippen LogP contribution in [0.5, 0.6) is 0 Å². The van der Waals surface area contributed by atoms with Gasteiger partial charge in [0.15, 0.2) is 0 Å². The second-order valence-electron chi connectivity index (χ2n) is 6.18. The molecule has 4 fully saturated rings. The van der Waals surface area contributed by atoms with Gasteiger partial charge in [0.2, 0.25) is 0 Å². The summed E-state index contributed by atoms with van der Waals surface area (Å²) in [6, 6.07) is 0. The first-order chi connectivity index (χ1) is 8.18. The van der Waals surface area contributed by atoms with Crippen molar-refractivity contribution in [2.24, 2.45) is 23.7 Å². The van der Waals surface area contributed by atoms with E-state index in [1.165, 1.54) is 32.1 Å². The minimum atomic E-state index is -0.348. The molecule has 0 aromatic heterocycles. The molecule has 97 valence electrons. The Morgan fingerprint density at radius 1 is 1.22 bits per heavy atom. The number of esters is 1. The Morgan fingerprint density at radius 2 is 1.72 bits per heavy atom. The normalized spacial score (nSPS) is 44.3. The van der Waals surface area contributed by atoms with Crippen LogP contribution in [-0.4, -0.2) is 11.6 Å². The van der Waals surface area contributed by atoms with E-state index in [-0.39, 0.29) is 44.3 Å². The third-order valence-corrected chi connectivity index (χ3v) is 5.50. The largest absolute Gasteiger partial charge is 0.483 e. The van der Waals surface area contributed by atoms with E-state index in [9.17, 15) is 4.79 Å². The zero-order valence-corrected chi connectivity index (χ0v) is 14.0. The number of rotatable bonds is 3. The maximum atomic E-state index is 11.6. The van der Waals surface area contributed by atoms with Crippen molar-refractivity contribution >= 4 is 5.97 Å². The van der Waals surface area contributed by atoms with Gasteiger partial charge in [0.25, 0.3) is 0 Å². The van der Waals surface area contributed by atoms with Gasteiger partial charge in [-0.05, 0) is 62.2 Å². The van der Waals surface area contributed by atoms with Crippen LogP contribution in [0.4, 0.5) is 0 Å². The predicted molar refractivity (Wildman–Crippen MR) is 65.0 cm³/mol. The summed E-state index contributed by atoms with van der Waals surface area (Å²) >= 11 is 0. The molecule has 0 atom stereocenters. The maximum absolute atomic E-state index is 11.6. The Hall–Kier alpha value is 0.314. The summed E-state index contributed by atoms with van der Waals surface area (Å²) in [6.45, 7) is 5.57. The summed E-state index contributed by atoms with van der Waals surface area (Å²) in [5, 5.41) is 0. The molecule has 18 heavy (non-hydrogen) atoms. The molecule has 0 saturated heterocycles. The third kappa shape index (κ3) is 2.14. The summed E-state index contributed by atoms with van der Waals surface area (Å²) in [5.74, 6) is 2.66. The van der Waals surface area contributed by atoms with E-state index < -0.39 is 0 Å². The smallest absolute Gasteiger partial charge is 0.147 e. The Kier molecular flexibility index (Phi) is 4.38. The fourth-order valence-electron chi connectivity index (χ4n) is 5.01. The van der Waals surface area contributed by atoms with Crippen molar-refractivity contribution < 1.29 is 42.2 Å². The summed E-state index contributed by atoms with van der Waals surface area (Å²) < 4.78 is 5.80. The zero-order valence-electron chi connectivity index (χ0n) is 11.2. The van der Waals surface area contributed by atoms with E-state index in [0.717, 1.165) is 18.3 Å². The fraction of sp³-hybridized carbons (Fsp3) is 0.800. The molecule has 0 aromatic rings. The van der Waals surface area contributed by atoms with Gasteiger partial charge in [0.05, 0.1) is 0 Å². The van der Waals surface area contributed by atoms with Crippen molar-refractivity contribution in [1.29, 1.82) is 0 Å². The Bertz CT molecular complexity index is 322. The van der Waals surface area contributed by atoms with Crippen LogP contribution in [0, 0.1) is 29.7 Å². The molecule has 3 heteroatoms. The van der Waals surface area contributed by atoms with Gasteiger partial charge in [0, 0.05) is 32.7 Å². The van der Waals surface area contributed by atoms with Gasteiger partial charge in [-0.1, -0.05) is 6.92 Å². The molecule has 2 nitrogen and oxygen atoms in total. The van der Waals surface area contributed by atoms with Gasteiger partial charge in [-0.3, -0.25) is 11.4 Å². The molecule has 4 rings (SSSR count). The number of carbonyl (C=O) groups is 1. The Balaban J connectivity index is 0.00000120. The fourth-order valence-corrected chi connectivity index (χ4v) is 5.01. The molecule has 0 unspecified atom stereocenters. The van der Waals surface area contributed by atoms with Crippen molar-refractivity contribution in [3.05, 3.63) is 12.7 Å². The molecule has 1 radical (unpaired) electrons. The first kappa shape index (κ1) is 14.7. The van der Waals surface area contributed by atoms with Crippen LogP contribution in [0.15, 0.2) is 6.58 Å². The SMILES string of the molecule is C=[C-]C(=O)OC1(CC)C2CC3CC(C2)CC1C3.[Y].